The Bertz CT molecular complexity index is 789. The molecule has 2 fully saturated rings. The van der Waals surface area contributed by atoms with Crippen LogP contribution in [0.3, 0.4) is 0 Å². The second-order valence-electron chi connectivity index (χ2n) is 7.03. The number of nitrogens with one attached hydrogen (secondary N) is 1. The maximum Gasteiger partial charge on any atom is 0.209 e. The molecule has 1 saturated carbocycles. The number of hydrogen-bond donors (Lipinski definition) is 1. The summed E-state index contributed by atoms with van der Waals surface area (Å²) in [7, 11) is 0. The molecule has 1 aromatic carbocycles. The van der Waals surface area contributed by atoms with Crippen molar-refractivity contribution in [3.8, 4) is 0 Å². The van der Waals surface area contributed by atoms with Gasteiger partial charge in [-0.05, 0) is 48.5 Å². The lowest BCUT2D eigenvalue weighted by Gasteiger charge is -2.30. The molecule has 2 heterocycles. The number of rotatable bonds is 5. The van der Waals surface area contributed by atoms with E-state index in [1.807, 2.05) is 6.08 Å². The van der Waals surface area contributed by atoms with Gasteiger partial charge in [-0.2, -0.15) is 0 Å². The lowest BCUT2D eigenvalue weighted by atomic mass is 9.75. The second-order valence-corrected chi connectivity index (χ2v) is 7.40. The number of fused-ring (bicyclic) bond motifs is 1. The Hall–Kier alpha value is -1.98. The highest BCUT2D eigenvalue weighted by Gasteiger charge is 2.65. The topological polar surface area (TPSA) is 50.4 Å². The summed E-state index contributed by atoms with van der Waals surface area (Å²) in [4.78, 5) is 7.01. The molecular weight excluding hydrogens is 332 g/mol. The first-order valence-corrected chi connectivity index (χ1v) is 9.11. The third kappa shape index (κ3) is 2.92. The lowest BCUT2D eigenvalue weighted by molar-refractivity contribution is 0.120. The zero-order valence-electron chi connectivity index (χ0n) is 14.3. The van der Waals surface area contributed by atoms with Gasteiger partial charge >= 0.3 is 0 Å². The van der Waals surface area contributed by atoms with E-state index in [2.05, 4.69) is 47.7 Å². The summed E-state index contributed by atoms with van der Waals surface area (Å²) in [6.45, 7) is 6.14. The van der Waals surface area contributed by atoms with Crippen LogP contribution >= 0.6 is 12.2 Å². The van der Waals surface area contributed by atoms with Gasteiger partial charge in [0, 0.05) is 0 Å². The van der Waals surface area contributed by atoms with Crippen LogP contribution in [0.4, 0.5) is 0 Å². The molecule has 1 aliphatic carbocycles. The van der Waals surface area contributed by atoms with Crippen LogP contribution in [0.15, 0.2) is 49.4 Å². The molecule has 4 atom stereocenters. The molecule has 0 radical (unpaired) electrons. The minimum atomic E-state index is -0.245. The summed E-state index contributed by atoms with van der Waals surface area (Å²) in [6, 6.07) is 8.50. The van der Waals surface area contributed by atoms with Crippen LogP contribution < -0.4 is 0 Å². The maximum absolute atomic E-state index is 6.30. The number of thiocarbonyl (C=S) groups is 1. The van der Waals surface area contributed by atoms with Crippen molar-refractivity contribution in [2.75, 3.05) is 0 Å². The molecule has 1 saturated heterocycles. The van der Waals surface area contributed by atoms with Gasteiger partial charge in [0.05, 0.1) is 12.5 Å². The first kappa shape index (κ1) is 16.5. The molecule has 25 heavy (non-hydrogen) atoms. The molecule has 5 heteroatoms. The fourth-order valence-electron chi connectivity index (χ4n) is 4.13. The van der Waals surface area contributed by atoms with Gasteiger partial charge < -0.3 is 14.5 Å². The summed E-state index contributed by atoms with van der Waals surface area (Å²) in [5.74, 6) is 0.505. The lowest BCUT2D eigenvalue weighted by Crippen LogP contribution is -2.36. The Morgan fingerprint density at radius 2 is 2.36 bits per heavy atom. The first-order chi connectivity index (χ1) is 12.1. The van der Waals surface area contributed by atoms with Gasteiger partial charge in [0.1, 0.15) is 23.5 Å². The van der Waals surface area contributed by atoms with Crippen molar-refractivity contribution in [1.29, 1.82) is 0 Å². The number of imidazole rings is 1. The van der Waals surface area contributed by atoms with Crippen molar-refractivity contribution >= 4 is 17.3 Å². The summed E-state index contributed by atoms with van der Waals surface area (Å²) in [5, 5.41) is 0.459. The highest BCUT2D eigenvalue weighted by atomic mass is 32.1. The van der Waals surface area contributed by atoms with Gasteiger partial charge in [-0.25, -0.2) is 4.98 Å². The molecular formula is C20H22N2O2S. The van der Waals surface area contributed by atoms with Gasteiger partial charge in [-0.15, -0.1) is 6.58 Å². The third-order valence-corrected chi connectivity index (χ3v) is 5.49. The monoisotopic (exact) mass is 354 g/mol. The Labute approximate surface area is 153 Å². The highest BCUT2D eigenvalue weighted by Crippen LogP contribution is 2.58. The van der Waals surface area contributed by atoms with E-state index >= 15 is 0 Å². The fraction of sp³-hybridized carbons (Fsp3) is 0.400. The van der Waals surface area contributed by atoms with Gasteiger partial charge in [0.15, 0.2) is 0 Å². The van der Waals surface area contributed by atoms with Crippen molar-refractivity contribution < 1.29 is 9.47 Å². The minimum Gasteiger partial charge on any atom is -0.476 e. The largest absolute Gasteiger partial charge is 0.476 e. The van der Waals surface area contributed by atoms with E-state index in [0.29, 0.717) is 11.0 Å². The predicted octanol–water partition coefficient (Wildman–Crippen LogP) is 3.92. The molecule has 0 bridgehead atoms. The van der Waals surface area contributed by atoms with Crippen LogP contribution in [0.25, 0.3) is 0 Å². The molecule has 0 spiro atoms. The first-order valence-electron chi connectivity index (χ1n) is 8.70. The van der Waals surface area contributed by atoms with Crippen LogP contribution in [0.2, 0.25) is 0 Å². The van der Waals surface area contributed by atoms with Crippen molar-refractivity contribution in [1.82, 2.24) is 9.97 Å². The Kier molecular flexibility index (Phi) is 4.21. The number of aromatic amines is 1. The molecule has 4 rings (SSSR count). The van der Waals surface area contributed by atoms with Gasteiger partial charge in [0.2, 0.25) is 5.05 Å². The van der Waals surface area contributed by atoms with E-state index in [1.54, 1.807) is 12.5 Å². The van der Waals surface area contributed by atoms with Crippen LogP contribution in [0.1, 0.15) is 36.6 Å². The molecule has 2 aromatic rings. The number of H-pyrrole nitrogens is 1. The summed E-state index contributed by atoms with van der Waals surface area (Å²) in [5.41, 5.74) is 3.05. The standard InChI is InChI=1S/C20H22N2O2S/c1-3-6-14-7-4-5-8-15(14)20-10-13(2)9-17(18(20)24-20)23-19(25)16-11-21-12-22-16/h3-5,7-8,11-13,17-18H,1,6,9-10H2,2H3,(H,21,22)/t13-,17+,18+,20+/m0/s1. The zero-order valence-corrected chi connectivity index (χ0v) is 15.1. The normalized spacial score (nSPS) is 30.4. The number of aromatic nitrogens is 2. The van der Waals surface area contributed by atoms with Gasteiger partial charge in [-0.3, -0.25) is 0 Å². The number of ether oxygens (including phenoxy) is 2. The van der Waals surface area contributed by atoms with Crippen LogP contribution in [-0.2, 0) is 21.5 Å². The maximum atomic E-state index is 6.30. The molecule has 0 unspecified atom stereocenters. The third-order valence-electron chi connectivity index (χ3n) is 5.18. The number of epoxide rings is 1. The number of benzene rings is 1. The summed E-state index contributed by atoms with van der Waals surface area (Å²) in [6.07, 6.45) is 8.08. The van der Waals surface area contributed by atoms with Crippen molar-refractivity contribution in [3.63, 3.8) is 0 Å². The number of nitrogens with zero attached hydrogens (tertiary/aromatic N) is 1. The molecule has 1 aromatic heterocycles. The van der Waals surface area contributed by atoms with E-state index in [1.165, 1.54) is 11.1 Å². The average Bonchev–Trinajstić information content (AvgIpc) is 3.08. The van der Waals surface area contributed by atoms with Gasteiger partial charge in [0.25, 0.3) is 0 Å². The second kappa shape index (κ2) is 6.39. The van der Waals surface area contributed by atoms with Crippen molar-refractivity contribution in [3.05, 3.63) is 66.3 Å². The summed E-state index contributed by atoms with van der Waals surface area (Å²) < 4.78 is 12.4. The summed E-state index contributed by atoms with van der Waals surface area (Å²) >= 11 is 5.42. The molecule has 0 amide bonds. The smallest absolute Gasteiger partial charge is 0.209 e. The van der Waals surface area contributed by atoms with Crippen LogP contribution in [0, 0.1) is 5.92 Å². The highest BCUT2D eigenvalue weighted by molar-refractivity contribution is 7.80. The molecule has 1 N–H and O–H groups in total. The predicted molar refractivity (Wildman–Crippen MR) is 100 cm³/mol. The van der Waals surface area contributed by atoms with E-state index < -0.39 is 0 Å². The molecule has 130 valence electrons. The Morgan fingerprint density at radius 3 is 3.12 bits per heavy atom. The molecule has 2 aliphatic rings. The van der Waals surface area contributed by atoms with E-state index in [-0.39, 0.29) is 17.8 Å². The van der Waals surface area contributed by atoms with Crippen LogP contribution in [0.5, 0.6) is 0 Å². The minimum absolute atomic E-state index is 0.0312. The Morgan fingerprint density at radius 1 is 1.52 bits per heavy atom. The fourth-order valence-corrected chi connectivity index (χ4v) is 4.36. The molecule has 1 aliphatic heterocycles. The molecule has 4 nitrogen and oxygen atoms in total. The van der Waals surface area contributed by atoms with Gasteiger partial charge in [-0.1, -0.05) is 37.3 Å². The van der Waals surface area contributed by atoms with Crippen molar-refractivity contribution in [2.24, 2.45) is 5.92 Å². The van der Waals surface area contributed by atoms with Crippen LogP contribution in [-0.4, -0.2) is 27.2 Å². The number of allylic oxidation sites excluding steroid dienone is 1. The number of hydrogen-bond acceptors (Lipinski definition) is 4. The SMILES string of the molecule is C=CCc1ccccc1[C@]12C[C@@H](C)C[C@@H](OC(=S)c3cnc[nH]3)[C@H]1O2. The Balaban J connectivity index is 1.59. The zero-order chi connectivity index (χ0) is 17.4. The van der Waals surface area contributed by atoms with E-state index in [4.69, 9.17) is 21.7 Å². The van der Waals surface area contributed by atoms with Crippen molar-refractivity contribution in [2.45, 2.75) is 44.0 Å². The van der Waals surface area contributed by atoms with E-state index in [9.17, 15) is 0 Å². The average molecular weight is 354 g/mol. The van der Waals surface area contributed by atoms with E-state index in [0.717, 1.165) is 25.0 Å². The quantitative estimate of drug-likeness (QED) is 0.502.